The molecule has 1 aliphatic rings. The number of hydrogen-bond acceptors (Lipinski definition) is 4. The van der Waals surface area contributed by atoms with E-state index in [-0.39, 0.29) is 15.6 Å². The summed E-state index contributed by atoms with van der Waals surface area (Å²) in [6.07, 6.45) is 0. The molecule has 82 valence electrons. The first-order valence-corrected chi connectivity index (χ1v) is 4.75. The second-order valence-electron chi connectivity index (χ2n) is 2.98. The monoisotopic (exact) mass is 288 g/mol. The molecule has 0 atom stereocenters. The molecular formula is C8H2BrFN2O4. The zero-order valence-electron chi connectivity index (χ0n) is 7.41. The third kappa shape index (κ3) is 1.30. The predicted octanol–water partition coefficient (Wildman–Crippen LogP) is 1.38. The standard InChI is InChI=1S/C8H2BrFN2O4/c9-5-4-2(7(13)11-8(4)14)1-3(10)6(5)12(15)16/h1H,(H,11,13,14). The van der Waals surface area contributed by atoms with Crippen LogP contribution >= 0.6 is 15.9 Å². The van der Waals surface area contributed by atoms with Gasteiger partial charge in [-0.15, -0.1) is 0 Å². The van der Waals surface area contributed by atoms with Crippen molar-refractivity contribution >= 4 is 33.4 Å². The van der Waals surface area contributed by atoms with Crippen LogP contribution in [0.5, 0.6) is 0 Å². The fourth-order valence-corrected chi connectivity index (χ4v) is 2.14. The Morgan fingerprint density at radius 1 is 1.38 bits per heavy atom. The number of nitrogens with one attached hydrogen (secondary N) is 1. The second kappa shape index (κ2) is 3.34. The van der Waals surface area contributed by atoms with E-state index in [1.165, 1.54) is 0 Å². The third-order valence-corrected chi connectivity index (χ3v) is 2.85. The minimum atomic E-state index is -1.17. The summed E-state index contributed by atoms with van der Waals surface area (Å²) in [4.78, 5) is 32.0. The molecule has 0 unspecified atom stereocenters. The van der Waals surface area contributed by atoms with Crippen LogP contribution in [0.2, 0.25) is 0 Å². The number of halogens is 2. The highest BCUT2D eigenvalue weighted by Gasteiger charge is 2.35. The molecule has 1 aromatic rings. The number of fused-ring (bicyclic) bond motifs is 1. The van der Waals surface area contributed by atoms with Crippen molar-refractivity contribution in [3.05, 3.63) is 37.6 Å². The minimum absolute atomic E-state index is 0.208. The normalized spacial score (nSPS) is 13.6. The van der Waals surface area contributed by atoms with Crippen LogP contribution in [0.3, 0.4) is 0 Å². The van der Waals surface area contributed by atoms with Crippen LogP contribution < -0.4 is 5.32 Å². The highest BCUT2D eigenvalue weighted by molar-refractivity contribution is 9.10. The van der Waals surface area contributed by atoms with E-state index in [1.807, 2.05) is 5.32 Å². The lowest BCUT2D eigenvalue weighted by Crippen LogP contribution is -2.20. The molecule has 0 spiro atoms. The molecule has 8 heteroatoms. The third-order valence-electron chi connectivity index (χ3n) is 2.08. The fourth-order valence-electron chi connectivity index (χ4n) is 1.41. The zero-order valence-corrected chi connectivity index (χ0v) is 9.00. The Bertz CT molecular complexity index is 557. The maximum absolute atomic E-state index is 13.3. The Kier molecular flexibility index (Phi) is 2.23. The number of nitro groups is 1. The van der Waals surface area contributed by atoms with Crippen LogP contribution in [0.4, 0.5) is 10.1 Å². The quantitative estimate of drug-likeness (QED) is 0.480. The first-order chi connectivity index (χ1) is 7.43. The summed E-state index contributed by atoms with van der Waals surface area (Å²) in [6, 6.07) is 0.679. The van der Waals surface area contributed by atoms with Crippen LogP contribution in [0.1, 0.15) is 20.7 Å². The van der Waals surface area contributed by atoms with E-state index in [2.05, 4.69) is 15.9 Å². The summed E-state index contributed by atoms with van der Waals surface area (Å²) in [5.74, 6) is -2.72. The van der Waals surface area contributed by atoms with E-state index in [0.29, 0.717) is 6.07 Å². The number of carbonyl (C=O) groups is 2. The molecular weight excluding hydrogens is 287 g/mol. The number of nitro benzene ring substituents is 1. The lowest BCUT2D eigenvalue weighted by Gasteiger charge is -2.01. The minimum Gasteiger partial charge on any atom is -0.288 e. The molecule has 0 bridgehead atoms. The van der Waals surface area contributed by atoms with Gasteiger partial charge in [0.15, 0.2) is 0 Å². The lowest BCUT2D eigenvalue weighted by molar-refractivity contribution is -0.388. The molecule has 0 aliphatic carbocycles. The van der Waals surface area contributed by atoms with Crippen molar-refractivity contribution in [2.75, 3.05) is 0 Å². The fraction of sp³-hybridized carbons (Fsp3) is 0. The number of carbonyl (C=O) groups excluding carboxylic acids is 2. The van der Waals surface area contributed by atoms with Crippen LogP contribution in [-0.4, -0.2) is 16.7 Å². The molecule has 0 saturated heterocycles. The van der Waals surface area contributed by atoms with E-state index >= 15 is 0 Å². The van der Waals surface area contributed by atoms with Gasteiger partial charge in [-0.2, -0.15) is 4.39 Å². The Morgan fingerprint density at radius 2 is 2.00 bits per heavy atom. The molecule has 2 rings (SSSR count). The molecule has 0 aromatic heterocycles. The molecule has 0 fully saturated rings. The smallest absolute Gasteiger partial charge is 0.288 e. The van der Waals surface area contributed by atoms with Gasteiger partial charge in [0, 0.05) is 0 Å². The van der Waals surface area contributed by atoms with Crippen molar-refractivity contribution in [3.8, 4) is 0 Å². The molecule has 0 saturated carbocycles. The topological polar surface area (TPSA) is 89.3 Å². The average Bonchev–Trinajstić information content (AvgIpc) is 2.41. The van der Waals surface area contributed by atoms with Gasteiger partial charge in [-0.05, 0) is 22.0 Å². The Hall–Kier alpha value is -1.83. The molecule has 16 heavy (non-hydrogen) atoms. The summed E-state index contributed by atoms with van der Waals surface area (Å²) < 4.78 is 13.0. The van der Waals surface area contributed by atoms with Crippen molar-refractivity contribution in [1.29, 1.82) is 0 Å². The zero-order chi connectivity index (χ0) is 12.0. The summed E-state index contributed by atoms with van der Waals surface area (Å²) >= 11 is 2.76. The number of rotatable bonds is 1. The molecule has 0 radical (unpaired) electrons. The number of nitrogens with zero attached hydrogens (tertiary/aromatic N) is 1. The van der Waals surface area contributed by atoms with E-state index in [1.54, 1.807) is 0 Å². The van der Waals surface area contributed by atoms with E-state index in [0.717, 1.165) is 0 Å². The predicted molar refractivity (Wildman–Crippen MR) is 52.6 cm³/mol. The van der Waals surface area contributed by atoms with Gasteiger partial charge < -0.3 is 0 Å². The van der Waals surface area contributed by atoms with Crippen LogP contribution in [-0.2, 0) is 0 Å². The number of benzene rings is 1. The van der Waals surface area contributed by atoms with E-state index < -0.39 is 28.2 Å². The summed E-state index contributed by atoms with van der Waals surface area (Å²) in [6.45, 7) is 0. The molecule has 1 heterocycles. The van der Waals surface area contributed by atoms with Gasteiger partial charge >= 0.3 is 5.69 Å². The van der Waals surface area contributed by atoms with Crippen molar-refractivity contribution in [3.63, 3.8) is 0 Å². The Labute approximate surface area is 95.7 Å². The lowest BCUT2D eigenvalue weighted by atomic mass is 10.1. The van der Waals surface area contributed by atoms with Gasteiger partial charge in [-0.3, -0.25) is 25.0 Å². The highest BCUT2D eigenvalue weighted by Crippen LogP contribution is 2.35. The van der Waals surface area contributed by atoms with Crippen LogP contribution in [0.15, 0.2) is 10.5 Å². The van der Waals surface area contributed by atoms with Crippen molar-refractivity contribution in [2.45, 2.75) is 0 Å². The van der Waals surface area contributed by atoms with Crippen molar-refractivity contribution < 1.29 is 18.9 Å². The summed E-state index contributed by atoms with van der Waals surface area (Å²) in [7, 11) is 0. The largest absolute Gasteiger partial charge is 0.319 e. The first kappa shape index (κ1) is 10.7. The van der Waals surface area contributed by atoms with Gasteiger partial charge in [0.25, 0.3) is 11.8 Å². The highest BCUT2D eigenvalue weighted by atomic mass is 79.9. The number of imide groups is 1. The van der Waals surface area contributed by atoms with Gasteiger partial charge in [0.05, 0.1) is 16.1 Å². The maximum Gasteiger partial charge on any atom is 0.319 e. The van der Waals surface area contributed by atoms with E-state index in [9.17, 15) is 24.1 Å². The maximum atomic E-state index is 13.3. The van der Waals surface area contributed by atoms with Gasteiger partial charge in [0.2, 0.25) is 5.82 Å². The summed E-state index contributed by atoms with van der Waals surface area (Å²) in [5.41, 5.74) is -1.28. The molecule has 1 N–H and O–H groups in total. The summed E-state index contributed by atoms with van der Waals surface area (Å²) in [5, 5.41) is 12.5. The number of hydrogen-bond donors (Lipinski definition) is 1. The van der Waals surface area contributed by atoms with Gasteiger partial charge in [-0.1, -0.05) is 0 Å². The first-order valence-electron chi connectivity index (χ1n) is 3.95. The number of amides is 2. The Balaban J connectivity index is 2.83. The molecule has 6 nitrogen and oxygen atoms in total. The van der Waals surface area contributed by atoms with E-state index in [4.69, 9.17) is 0 Å². The van der Waals surface area contributed by atoms with Crippen LogP contribution in [0, 0.1) is 15.9 Å². The van der Waals surface area contributed by atoms with Crippen molar-refractivity contribution in [1.82, 2.24) is 5.32 Å². The molecule has 1 aliphatic heterocycles. The molecule has 2 amide bonds. The second-order valence-corrected chi connectivity index (χ2v) is 3.78. The van der Waals surface area contributed by atoms with Gasteiger partial charge in [-0.25, -0.2) is 0 Å². The molecule has 1 aromatic carbocycles. The van der Waals surface area contributed by atoms with Crippen LogP contribution in [0.25, 0.3) is 0 Å². The van der Waals surface area contributed by atoms with Crippen molar-refractivity contribution in [2.24, 2.45) is 0 Å². The SMILES string of the molecule is O=C1NC(=O)c2c1cc(F)c([N+](=O)[O-])c2Br. The average molecular weight is 289 g/mol. The van der Waals surface area contributed by atoms with Gasteiger partial charge in [0.1, 0.15) is 4.47 Å². The Morgan fingerprint density at radius 3 is 2.56 bits per heavy atom.